The fourth-order valence-corrected chi connectivity index (χ4v) is 2.59. The van der Waals surface area contributed by atoms with Gasteiger partial charge in [-0.25, -0.2) is 4.79 Å². The quantitative estimate of drug-likeness (QED) is 0.489. The molecular weight excluding hydrogens is 340 g/mol. The maximum Gasteiger partial charge on any atom is 0.344 e. The van der Waals surface area contributed by atoms with E-state index in [2.05, 4.69) is 0 Å². The summed E-state index contributed by atoms with van der Waals surface area (Å²) in [6.45, 7) is -0.641. The highest BCUT2D eigenvalue weighted by Gasteiger charge is 2.13. The van der Waals surface area contributed by atoms with Crippen LogP contribution in [0.1, 0.15) is 10.4 Å². The number of halogens is 1. The van der Waals surface area contributed by atoms with Crippen molar-refractivity contribution in [2.45, 2.75) is 0 Å². The number of ether oxygens (including phenoxy) is 2. The summed E-state index contributed by atoms with van der Waals surface area (Å²) in [4.78, 5) is 23.8. The second-order valence-electron chi connectivity index (χ2n) is 5.36. The van der Waals surface area contributed by atoms with Gasteiger partial charge in [0.2, 0.25) is 5.78 Å². The number of hydrogen-bond donors (Lipinski definition) is 0. The molecule has 0 saturated carbocycles. The molecule has 0 aliphatic heterocycles. The maximum atomic E-state index is 12.0. The number of hydrogen-bond acceptors (Lipinski definition) is 4. The van der Waals surface area contributed by atoms with E-state index in [1.165, 1.54) is 0 Å². The third-order valence-electron chi connectivity index (χ3n) is 3.62. The minimum Gasteiger partial charge on any atom is -0.482 e. The molecule has 0 fully saturated rings. The number of carbonyl (C=O) groups is 2. The van der Waals surface area contributed by atoms with Gasteiger partial charge in [-0.1, -0.05) is 54.1 Å². The summed E-state index contributed by atoms with van der Waals surface area (Å²) in [7, 11) is 0. The molecule has 0 heterocycles. The molecular formula is C20H15ClO4. The van der Waals surface area contributed by atoms with Crippen molar-refractivity contribution in [3.8, 4) is 5.75 Å². The van der Waals surface area contributed by atoms with Gasteiger partial charge in [0.25, 0.3) is 0 Å². The number of benzene rings is 3. The van der Waals surface area contributed by atoms with Crippen molar-refractivity contribution in [2.24, 2.45) is 0 Å². The SMILES string of the molecule is O=C(COc1ccc2ccccc2c1)OCC(=O)c1ccccc1Cl. The molecule has 3 rings (SSSR count). The first-order valence-electron chi connectivity index (χ1n) is 7.68. The van der Waals surface area contributed by atoms with E-state index in [1.807, 2.05) is 36.4 Å². The van der Waals surface area contributed by atoms with Crippen molar-refractivity contribution < 1.29 is 19.1 Å². The van der Waals surface area contributed by atoms with Crippen LogP contribution in [0.15, 0.2) is 66.7 Å². The third kappa shape index (κ3) is 4.37. The van der Waals surface area contributed by atoms with Gasteiger partial charge in [0.15, 0.2) is 13.2 Å². The Morgan fingerprint density at radius 3 is 2.36 bits per heavy atom. The highest BCUT2D eigenvalue weighted by Crippen LogP contribution is 2.20. The Morgan fingerprint density at radius 1 is 0.840 bits per heavy atom. The Bertz CT molecular complexity index is 920. The molecule has 4 nitrogen and oxygen atoms in total. The van der Waals surface area contributed by atoms with Gasteiger partial charge >= 0.3 is 5.97 Å². The fraction of sp³-hybridized carbons (Fsp3) is 0.100. The van der Waals surface area contributed by atoms with Crippen molar-refractivity contribution >= 4 is 34.1 Å². The van der Waals surface area contributed by atoms with Gasteiger partial charge < -0.3 is 9.47 Å². The average molecular weight is 355 g/mol. The Balaban J connectivity index is 1.52. The van der Waals surface area contributed by atoms with Gasteiger partial charge in [-0.05, 0) is 35.0 Å². The molecule has 25 heavy (non-hydrogen) atoms. The molecule has 126 valence electrons. The zero-order valence-corrected chi connectivity index (χ0v) is 14.0. The van der Waals surface area contributed by atoms with E-state index in [-0.39, 0.29) is 19.0 Å². The number of fused-ring (bicyclic) bond motifs is 1. The second kappa shape index (κ2) is 7.81. The van der Waals surface area contributed by atoms with Crippen LogP contribution in [-0.2, 0) is 9.53 Å². The van der Waals surface area contributed by atoms with Crippen LogP contribution in [0.5, 0.6) is 5.75 Å². The Hall–Kier alpha value is -2.85. The molecule has 3 aromatic carbocycles. The Labute approximate surface area is 149 Å². The van der Waals surface area contributed by atoms with Crippen molar-refractivity contribution in [1.82, 2.24) is 0 Å². The highest BCUT2D eigenvalue weighted by atomic mass is 35.5. The van der Waals surface area contributed by atoms with Gasteiger partial charge in [-0.3, -0.25) is 4.79 Å². The van der Waals surface area contributed by atoms with Gasteiger partial charge in [0.05, 0.1) is 5.02 Å². The zero-order chi connectivity index (χ0) is 17.6. The molecule has 0 spiro atoms. The third-order valence-corrected chi connectivity index (χ3v) is 3.95. The van der Waals surface area contributed by atoms with Crippen molar-refractivity contribution in [3.05, 3.63) is 77.3 Å². The van der Waals surface area contributed by atoms with E-state index in [9.17, 15) is 9.59 Å². The molecule has 3 aromatic rings. The number of Topliss-reactive ketones (excluding diaryl/α,β-unsaturated/α-hetero) is 1. The summed E-state index contributed by atoms with van der Waals surface area (Å²) in [5, 5.41) is 2.43. The van der Waals surface area contributed by atoms with E-state index in [4.69, 9.17) is 21.1 Å². The lowest BCUT2D eigenvalue weighted by Gasteiger charge is -2.08. The van der Waals surface area contributed by atoms with Gasteiger partial charge in [0.1, 0.15) is 5.75 Å². The molecule has 0 bridgehead atoms. The zero-order valence-electron chi connectivity index (χ0n) is 13.3. The molecule has 0 radical (unpaired) electrons. The topological polar surface area (TPSA) is 52.6 Å². The maximum absolute atomic E-state index is 12.0. The first-order valence-corrected chi connectivity index (χ1v) is 8.06. The Kier molecular flexibility index (Phi) is 5.31. The molecule has 0 saturated heterocycles. The van der Waals surface area contributed by atoms with E-state index in [0.29, 0.717) is 16.3 Å². The van der Waals surface area contributed by atoms with Crippen molar-refractivity contribution in [2.75, 3.05) is 13.2 Å². The monoisotopic (exact) mass is 354 g/mol. The minimum atomic E-state index is -0.617. The second-order valence-corrected chi connectivity index (χ2v) is 5.77. The van der Waals surface area contributed by atoms with Gasteiger partial charge in [-0.15, -0.1) is 0 Å². The predicted octanol–water partition coefficient (Wildman–Crippen LogP) is 4.30. The van der Waals surface area contributed by atoms with Crippen LogP contribution in [0.2, 0.25) is 5.02 Å². The smallest absolute Gasteiger partial charge is 0.344 e. The van der Waals surface area contributed by atoms with Crippen LogP contribution in [-0.4, -0.2) is 25.0 Å². The summed E-state index contributed by atoms with van der Waals surface area (Å²) in [5.74, 6) is -0.411. The Morgan fingerprint density at radius 2 is 1.56 bits per heavy atom. The van der Waals surface area contributed by atoms with Crippen molar-refractivity contribution in [3.63, 3.8) is 0 Å². The lowest BCUT2D eigenvalue weighted by atomic mass is 10.1. The van der Waals surface area contributed by atoms with Crippen LogP contribution < -0.4 is 4.74 Å². The first-order chi connectivity index (χ1) is 12.1. The van der Waals surface area contributed by atoms with Crippen LogP contribution >= 0.6 is 11.6 Å². The molecule has 0 atom stereocenters. The summed E-state index contributed by atoms with van der Waals surface area (Å²) < 4.78 is 10.4. The standard InChI is InChI=1S/C20H15ClO4/c21-18-8-4-3-7-17(18)19(22)12-25-20(23)13-24-16-10-9-14-5-1-2-6-15(14)11-16/h1-11H,12-13H2. The number of rotatable bonds is 6. The van der Waals surface area contributed by atoms with Crippen LogP contribution in [0.25, 0.3) is 10.8 Å². The number of ketones is 1. The van der Waals surface area contributed by atoms with Crippen molar-refractivity contribution in [1.29, 1.82) is 0 Å². The summed E-state index contributed by atoms with van der Waals surface area (Å²) in [5.41, 5.74) is 0.326. The predicted molar refractivity (Wildman–Crippen MR) is 96.2 cm³/mol. The lowest BCUT2D eigenvalue weighted by molar-refractivity contribution is -0.144. The minimum absolute atomic E-state index is 0.270. The van der Waals surface area contributed by atoms with Crippen LogP contribution in [0.3, 0.4) is 0 Å². The summed E-state index contributed by atoms with van der Waals surface area (Å²) in [6, 6.07) is 20.0. The normalized spacial score (nSPS) is 10.4. The van der Waals surface area contributed by atoms with Gasteiger partial charge in [0, 0.05) is 5.56 Å². The van der Waals surface area contributed by atoms with E-state index in [1.54, 1.807) is 30.3 Å². The molecule has 5 heteroatoms. The molecule has 0 aliphatic carbocycles. The highest BCUT2D eigenvalue weighted by molar-refractivity contribution is 6.34. The van der Waals surface area contributed by atoms with E-state index >= 15 is 0 Å². The fourth-order valence-electron chi connectivity index (χ4n) is 2.35. The molecule has 0 aliphatic rings. The van der Waals surface area contributed by atoms with Gasteiger partial charge in [-0.2, -0.15) is 0 Å². The van der Waals surface area contributed by atoms with E-state index in [0.717, 1.165) is 10.8 Å². The summed E-state index contributed by atoms with van der Waals surface area (Å²) >= 11 is 5.94. The molecule has 0 amide bonds. The largest absolute Gasteiger partial charge is 0.482 e. The molecule has 0 aromatic heterocycles. The first kappa shape index (κ1) is 17.0. The molecule has 0 unspecified atom stereocenters. The van der Waals surface area contributed by atoms with Crippen LogP contribution in [0.4, 0.5) is 0 Å². The lowest BCUT2D eigenvalue weighted by Crippen LogP contribution is -2.19. The number of carbonyl (C=O) groups excluding carboxylic acids is 2. The van der Waals surface area contributed by atoms with Crippen LogP contribution in [0, 0.1) is 0 Å². The molecule has 0 N–H and O–H groups in total. The number of esters is 1. The summed E-state index contributed by atoms with van der Waals surface area (Å²) in [6.07, 6.45) is 0. The average Bonchev–Trinajstić information content (AvgIpc) is 2.64. The van der Waals surface area contributed by atoms with E-state index < -0.39 is 5.97 Å².